The highest BCUT2D eigenvalue weighted by Crippen LogP contribution is 1.97. The third kappa shape index (κ3) is 11.2. The second-order valence-corrected chi connectivity index (χ2v) is 4.26. The number of nitrogens with one attached hydrogen (secondary N) is 2. The van der Waals surface area contributed by atoms with E-state index in [-0.39, 0.29) is 18.6 Å². The predicted octanol–water partition coefficient (Wildman–Crippen LogP) is -2.42. The molecule has 22 heavy (non-hydrogen) atoms. The topological polar surface area (TPSA) is 185 Å². The van der Waals surface area contributed by atoms with Crippen molar-refractivity contribution in [1.29, 1.82) is 0 Å². The van der Waals surface area contributed by atoms with Crippen molar-refractivity contribution in [3.05, 3.63) is 0 Å². The maximum Gasteiger partial charge on any atom is 0.322 e. The molecule has 128 valence electrons. The number of hydrogen-bond donors (Lipinski definition) is 8. The van der Waals surface area contributed by atoms with Gasteiger partial charge in [-0.15, -0.1) is 12.8 Å². The number of amides is 2. The minimum Gasteiger partial charge on any atom is -0.480 e. The van der Waals surface area contributed by atoms with E-state index in [1.165, 1.54) is 0 Å². The summed E-state index contributed by atoms with van der Waals surface area (Å²) in [7, 11) is 0. The summed E-state index contributed by atoms with van der Waals surface area (Å²) in [4.78, 5) is 43.7. The number of carboxylic acids is 2. The number of carbonyl (C=O) groups excluding carboxylic acids is 2. The summed E-state index contributed by atoms with van der Waals surface area (Å²) in [6.07, 6.45) is -0.235. The number of aliphatic carboxylic acids is 2. The van der Waals surface area contributed by atoms with Crippen molar-refractivity contribution in [1.82, 2.24) is 10.6 Å². The van der Waals surface area contributed by atoms with Crippen LogP contribution in [0.3, 0.4) is 0 Å². The van der Waals surface area contributed by atoms with Gasteiger partial charge in [-0.1, -0.05) is 0 Å². The van der Waals surface area contributed by atoms with Crippen LogP contribution < -0.4 is 21.5 Å². The van der Waals surface area contributed by atoms with Crippen LogP contribution in [0, 0.1) is 0 Å². The smallest absolute Gasteiger partial charge is 0.322 e. The quantitative estimate of drug-likeness (QED) is 0.210. The van der Waals surface area contributed by atoms with Gasteiger partial charge in [-0.25, -0.2) is 0 Å². The minimum atomic E-state index is -1.22. The molecule has 0 fully saturated rings. The van der Waals surface area contributed by atoms with Crippen molar-refractivity contribution in [3.8, 4) is 0 Å². The number of carbonyl (C=O) groups is 4. The third-order valence-corrected chi connectivity index (χ3v) is 2.61. The van der Waals surface area contributed by atoms with E-state index in [0.29, 0.717) is 0 Å². The SMILES string of the molecule is NS.N[C@@H](CCC(=O)N[C@@H](CS)C(=O)NCC(=O)O)C(=O)O. The second kappa shape index (κ2) is 13.2. The highest BCUT2D eigenvalue weighted by Gasteiger charge is 2.20. The van der Waals surface area contributed by atoms with Gasteiger partial charge in [0, 0.05) is 12.2 Å². The van der Waals surface area contributed by atoms with E-state index in [2.05, 4.69) is 41.2 Å². The Morgan fingerprint density at radius 3 is 2.09 bits per heavy atom. The van der Waals surface area contributed by atoms with E-state index in [9.17, 15) is 19.2 Å². The zero-order chi connectivity index (χ0) is 17.7. The van der Waals surface area contributed by atoms with Crippen molar-refractivity contribution in [2.75, 3.05) is 12.3 Å². The van der Waals surface area contributed by atoms with Crippen LogP contribution in [0.1, 0.15) is 12.8 Å². The lowest BCUT2D eigenvalue weighted by Crippen LogP contribution is -2.49. The fraction of sp³-hybridized carbons (Fsp3) is 0.600. The summed E-state index contributed by atoms with van der Waals surface area (Å²) in [5.41, 5.74) is 5.23. The van der Waals surface area contributed by atoms with Crippen molar-refractivity contribution < 1.29 is 29.4 Å². The molecule has 0 saturated carbocycles. The zero-order valence-electron chi connectivity index (χ0n) is 11.6. The summed E-state index contributed by atoms with van der Waals surface area (Å²) in [5.74, 6) is -3.70. The van der Waals surface area contributed by atoms with Crippen LogP contribution in [0.5, 0.6) is 0 Å². The standard InChI is InChI=1S/C10H17N3O6S.H3NS/c11-5(10(18)19)1-2-7(14)13-6(4-20)9(17)12-3-8(15)16;1-2/h5-6,20H,1-4,11H2,(H,12,17)(H,13,14)(H,15,16)(H,18,19);2H,1H2/t5-,6-;/m0./s1. The van der Waals surface area contributed by atoms with Crippen LogP contribution in [-0.2, 0) is 19.2 Å². The first-order valence-electron chi connectivity index (χ1n) is 5.91. The largest absolute Gasteiger partial charge is 0.480 e. The molecule has 0 radical (unpaired) electrons. The molecule has 0 aliphatic rings. The first kappa shape index (κ1) is 22.8. The Hall–Kier alpha value is -1.50. The molecule has 12 heteroatoms. The summed E-state index contributed by atoms with van der Waals surface area (Å²) in [6.45, 7) is -0.567. The van der Waals surface area contributed by atoms with E-state index >= 15 is 0 Å². The number of thiol groups is 2. The van der Waals surface area contributed by atoms with Crippen LogP contribution >= 0.6 is 25.4 Å². The Kier molecular flexibility index (Phi) is 13.6. The van der Waals surface area contributed by atoms with Gasteiger partial charge in [0.1, 0.15) is 18.6 Å². The van der Waals surface area contributed by atoms with E-state index < -0.39 is 42.4 Å². The number of hydrogen-bond acceptors (Lipinski definition) is 8. The van der Waals surface area contributed by atoms with Gasteiger partial charge in [-0.05, 0) is 6.42 Å². The second-order valence-electron chi connectivity index (χ2n) is 3.90. The van der Waals surface area contributed by atoms with E-state index in [4.69, 9.17) is 15.9 Å². The lowest BCUT2D eigenvalue weighted by molar-refractivity contribution is -0.139. The van der Waals surface area contributed by atoms with Gasteiger partial charge in [0.15, 0.2) is 0 Å². The fourth-order valence-corrected chi connectivity index (χ4v) is 1.41. The van der Waals surface area contributed by atoms with Crippen molar-refractivity contribution in [2.24, 2.45) is 10.9 Å². The lowest BCUT2D eigenvalue weighted by Gasteiger charge is -2.16. The van der Waals surface area contributed by atoms with Gasteiger partial charge >= 0.3 is 11.9 Å². The molecule has 0 rings (SSSR count). The van der Waals surface area contributed by atoms with Gasteiger partial charge in [0.25, 0.3) is 0 Å². The van der Waals surface area contributed by atoms with Crippen LogP contribution in [0.2, 0.25) is 0 Å². The first-order chi connectivity index (χ1) is 10.3. The number of carboxylic acid groups (broad SMARTS) is 2. The molecule has 0 heterocycles. The Labute approximate surface area is 137 Å². The van der Waals surface area contributed by atoms with E-state index in [1.807, 2.05) is 0 Å². The van der Waals surface area contributed by atoms with Crippen LogP contribution in [0.4, 0.5) is 0 Å². The molecular formula is C10H20N4O6S2. The van der Waals surface area contributed by atoms with Crippen molar-refractivity contribution in [3.63, 3.8) is 0 Å². The zero-order valence-corrected chi connectivity index (χ0v) is 13.3. The summed E-state index contributed by atoms with van der Waals surface area (Å²) in [6, 6.07) is -2.15. The average Bonchev–Trinajstić information content (AvgIpc) is 2.49. The normalized spacial score (nSPS) is 12.2. The predicted molar refractivity (Wildman–Crippen MR) is 84.4 cm³/mol. The molecule has 0 saturated heterocycles. The Balaban J connectivity index is 0. The van der Waals surface area contributed by atoms with E-state index in [0.717, 1.165) is 0 Å². The summed E-state index contributed by atoms with van der Waals surface area (Å²) < 4.78 is 0. The highest BCUT2D eigenvalue weighted by molar-refractivity contribution is 7.80. The fourth-order valence-electron chi connectivity index (χ4n) is 1.16. The van der Waals surface area contributed by atoms with Gasteiger partial charge in [0.05, 0.1) is 0 Å². The van der Waals surface area contributed by atoms with Crippen molar-refractivity contribution in [2.45, 2.75) is 24.9 Å². The molecule has 0 aromatic carbocycles. The van der Waals surface area contributed by atoms with Crippen LogP contribution in [0.15, 0.2) is 0 Å². The molecule has 2 amide bonds. The van der Waals surface area contributed by atoms with Crippen LogP contribution in [-0.4, -0.2) is 58.3 Å². The number of rotatable bonds is 9. The third-order valence-electron chi connectivity index (χ3n) is 2.25. The molecule has 0 unspecified atom stereocenters. The molecule has 0 aromatic heterocycles. The molecule has 2 atom stereocenters. The van der Waals surface area contributed by atoms with Gasteiger partial charge in [-0.2, -0.15) is 12.6 Å². The number of nitrogens with two attached hydrogens (primary N) is 2. The molecular weight excluding hydrogens is 336 g/mol. The molecule has 0 aliphatic heterocycles. The Bertz CT molecular complexity index is 396. The van der Waals surface area contributed by atoms with Crippen LogP contribution in [0.25, 0.3) is 0 Å². The maximum absolute atomic E-state index is 11.5. The maximum atomic E-state index is 11.5. The van der Waals surface area contributed by atoms with E-state index in [1.54, 1.807) is 0 Å². The highest BCUT2D eigenvalue weighted by atomic mass is 32.1. The first-order valence-corrected chi connectivity index (χ1v) is 7.06. The summed E-state index contributed by atoms with van der Waals surface area (Å²) >= 11 is 6.90. The van der Waals surface area contributed by atoms with Gasteiger partial charge < -0.3 is 26.6 Å². The Morgan fingerprint density at radius 2 is 1.68 bits per heavy atom. The molecule has 0 aromatic rings. The summed E-state index contributed by atoms with van der Waals surface area (Å²) in [5, 5.41) is 25.6. The van der Waals surface area contributed by atoms with Crippen molar-refractivity contribution >= 4 is 49.2 Å². The molecule has 10 nitrogen and oxygen atoms in total. The monoisotopic (exact) mass is 356 g/mol. The Morgan fingerprint density at radius 1 is 1.14 bits per heavy atom. The van der Waals surface area contributed by atoms with Gasteiger partial charge in [-0.3, -0.25) is 24.3 Å². The molecule has 0 bridgehead atoms. The molecule has 0 spiro atoms. The lowest BCUT2D eigenvalue weighted by atomic mass is 10.1. The average molecular weight is 356 g/mol. The van der Waals surface area contributed by atoms with Gasteiger partial charge in [0.2, 0.25) is 11.8 Å². The minimum absolute atomic E-state index is 0.0256. The molecule has 0 aliphatic carbocycles. The molecule has 8 N–H and O–H groups in total.